The summed E-state index contributed by atoms with van der Waals surface area (Å²) in [6, 6.07) is 6.86. The SMILES string of the molecule is Cc1nccnc1C(C)N(CC(=O)O)c1ccc(Cl)cc1. The van der Waals surface area contributed by atoms with E-state index in [0.717, 1.165) is 17.1 Å². The molecule has 21 heavy (non-hydrogen) atoms. The number of carboxylic acid groups (broad SMARTS) is 1. The van der Waals surface area contributed by atoms with Gasteiger partial charge in [0.25, 0.3) is 0 Å². The standard InChI is InChI=1S/C15H16ClN3O2/c1-10-15(18-8-7-17-10)11(2)19(9-14(20)21)13-5-3-12(16)4-6-13/h3-8,11H,9H2,1-2H3,(H,20,21). The molecule has 0 saturated carbocycles. The Balaban J connectivity index is 2.38. The third-order valence-corrected chi connectivity index (χ3v) is 3.50. The number of nitrogens with zero attached hydrogens (tertiary/aromatic N) is 3. The molecule has 2 aromatic rings. The maximum atomic E-state index is 11.2. The van der Waals surface area contributed by atoms with Gasteiger partial charge < -0.3 is 10.0 Å². The Kier molecular flexibility index (Phi) is 4.75. The molecule has 110 valence electrons. The van der Waals surface area contributed by atoms with Crippen molar-refractivity contribution in [2.45, 2.75) is 19.9 Å². The van der Waals surface area contributed by atoms with E-state index in [0.29, 0.717) is 5.02 Å². The van der Waals surface area contributed by atoms with Crippen molar-refractivity contribution in [2.24, 2.45) is 0 Å². The molecule has 0 aliphatic heterocycles. The molecule has 0 aliphatic carbocycles. The third-order valence-electron chi connectivity index (χ3n) is 3.25. The molecule has 5 nitrogen and oxygen atoms in total. The van der Waals surface area contributed by atoms with Crippen LogP contribution in [0.4, 0.5) is 5.69 Å². The van der Waals surface area contributed by atoms with E-state index in [4.69, 9.17) is 16.7 Å². The largest absolute Gasteiger partial charge is 0.480 e. The Morgan fingerprint density at radius 3 is 2.48 bits per heavy atom. The van der Waals surface area contributed by atoms with Gasteiger partial charge in [-0.3, -0.25) is 14.8 Å². The molecule has 0 aliphatic rings. The molecule has 1 atom stereocenters. The van der Waals surface area contributed by atoms with Crippen molar-refractivity contribution in [2.75, 3.05) is 11.4 Å². The molecule has 1 aromatic carbocycles. The van der Waals surface area contributed by atoms with E-state index in [-0.39, 0.29) is 12.6 Å². The van der Waals surface area contributed by atoms with E-state index >= 15 is 0 Å². The molecule has 1 N–H and O–H groups in total. The molecule has 6 heteroatoms. The minimum Gasteiger partial charge on any atom is -0.480 e. The minimum atomic E-state index is -0.904. The molecule has 2 rings (SSSR count). The van der Waals surface area contributed by atoms with Crippen LogP contribution in [0.3, 0.4) is 0 Å². The van der Waals surface area contributed by atoms with E-state index < -0.39 is 5.97 Å². The second-order valence-electron chi connectivity index (χ2n) is 4.70. The predicted octanol–water partition coefficient (Wildman–Crippen LogP) is 3.09. The first-order valence-corrected chi connectivity index (χ1v) is 6.88. The van der Waals surface area contributed by atoms with Gasteiger partial charge in [0.15, 0.2) is 0 Å². The van der Waals surface area contributed by atoms with Gasteiger partial charge in [-0.2, -0.15) is 0 Å². The molecule has 0 radical (unpaired) electrons. The number of carbonyl (C=O) groups is 1. The van der Waals surface area contributed by atoms with Gasteiger partial charge in [-0.15, -0.1) is 0 Å². The lowest BCUT2D eigenvalue weighted by molar-refractivity contribution is -0.135. The van der Waals surface area contributed by atoms with Crippen LogP contribution >= 0.6 is 11.6 Å². The molecule has 0 spiro atoms. The molecule has 0 amide bonds. The summed E-state index contributed by atoms with van der Waals surface area (Å²) >= 11 is 5.89. The third kappa shape index (κ3) is 3.70. The molecule has 1 unspecified atom stereocenters. The molecule has 0 saturated heterocycles. The van der Waals surface area contributed by atoms with Crippen LogP contribution in [-0.4, -0.2) is 27.6 Å². The summed E-state index contributed by atoms with van der Waals surface area (Å²) in [5.74, 6) is -0.904. The topological polar surface area (TPSA) is 66.3 Å². The van der Waals surface area contributed by atoms with Crippen molar-refractivity contribution in [3.05, 3.63) is 53.1 Å². The summed E-state index contributed by atoms with van der Waals surface area (Å²) in [4.78, 5) is 21.5. The highest BCUT2D eigenvalue weighted by molar-refractivity contribution is 6.30. The monoisotopic (exact) mass is 305 g/mol. The predicted molar refractivity (Wildman–Crippen MR) is 81.6 cm³/mol. The van der Waals surface area contributed by atoms with Crippen molar-refractivity contribution in [1.82, 2.24) is 9.97 Å². The number of aryl methyl sites for hydroxylation is 1. The highest BCUT2D eigenvalue weighted by Gasteiger charge is 2.21. The fourth-order valence-electron chi connectivity index (χ4n) is 2.21. The molecular weight excluding hydrogens is 290 g/mol. The van der Waals surface area contributed by atoms with Crippen LogP contribution in [-0.2, 0) is 4.79 Å². The van der Waals surface area contributed by atoms with Gasteiger partial charge in [-0.25, -0.2) is 0 Å². The van der Waals surface area contributed by atoms with Crippen LogP contribution in [0.2, 0.25) is 5.02 Å². The highest BCUT2D eigenvalue weighted by Crippen LogP contribution is 2.27. The average molecular weight is 306 g/mol. The summed E-state index contributed by atoms with van der Waals surface area (Å²) in [6.45, 7) is 3.65. The zero-order valence-electron chi connectivity index (χ0n) is 11.8. The van der Waals surface area contributed by atoms with Crippen LogP contribution in [0.1, 0.15) is 24.4 Å². The van der Waals surface area contributed by atoms with E-state index in [9.17, 15) is 4.79 Å². The first-order chi connectivity index (χ1) is 9.99. The normalized spacial score (nSPS) is 12.0. The first-order valence-electron chi connectivity index (χ1n) is 6.50. The van der Waals surface area contributed by atoms with Crippen LogP contribution < -0.4 is 4.90 Å². The molecule has 1 heterocycles. The van der Waals surface area contributed by atoms with Crippen molar-refractivity contribution < 1.29 is 9.90 Å². The number of hydrogen-bond acceptors (Lipinski definition) is 4. The summed E-state index contributed by atoms with van der Waals surface area (Å²) in [6.07, 6.45) is 3.23. The van der Waals surface area contributed by atoms with Crippen molar-refractivity contribution in [3.8, 4) is 0 Å². The Morgan fingerprint density at radius 1 is 1.29 bits per heavy atom. The number of aliphatic carboxylic acids is 1. The molecule has 0 bridgehead atoms. The van der Waals surface area contributed by atoms with Gasteiger partial charge in [-0.05, 0) is 38.1 Å². The van der Waals surface area contributed by atoms with Crippen LogP contribution in [0.5, 0.6) is 0 Å². The Hall–Kier alpha value is -2.14. The van der Waals surface area contributed by atoms with E-state index in [1.807, 2.05) is 13.8 Å². The maximum Gasteiger partial charge on any atom is 0.323 e. The Morgan fingerprint density at radius 2 is 1.90 bits per heavy atom. The number of carboxylic acids is 1. The summed E-state index contributed by atoms with van der Waals surface area (Å²) in [5, 5.41) is 9.77. The summed E-state index contributed by atoms with van der Waals surface area (Å²) in [7, 11) is 0. The number of aromatic nitrogens is 2. The lowest BCUT2D eigenvalue weighted by Crippen LogP contribution is -2.33. The lowest BCUT2D eigenvalue weighted by atomic mass is 10.1. The van der Waals surface area contributed by atoms with E-state index in [1.54, 1.807) is 41.6 Å². The summed E-state index contributed by atoms with van der Waals surface area (Å²) in [5.41, 5.74) is 2.32. The smallest absolute Gasteiger partial charge is 0.323 e. The zero-order valence-corrected chi connectivity index (χ0v) is 12.6. The fraction of sp³-hybridized carbons (Fsp3) is 0.267. The highest BCUT2D eigenvalue weighted by atomic mass is 35.5. The number of hydrogen-bond donors (Lipinski definition) is 1. The quantitative estimate of drug-likeness (QED) is 0.919. The second-order valence-corrected chi connectivity index (χ2v) is 5.14. The average Bonchev–Trinajstić information content (AvgIpc) is 2.45. The van der Waals surface area contributed by atoms with Crippen LogP contribution in [0, 0.1) is 6.92 Å². The van der Waals surface area contributed by atoms with Crippen LogP contribution in [0.15, 0.2) is 36.7 Å². The van der Waals surface area contributed by atoms with Gasteiger partial charge in [-0.1, -0.05) is 11.6 Å². The number of benzene rings is 1. The number of rotatable bonds is 5. The summed E-state index contributed by atoms with van der Waals surface area (Å²) < 4.78 is 0. The van der Waals surface area contributed by atoms with Crippen LogP contribution in [0.25, 0.3) is 0 Å². The first kappa shape index (κ1) is 15.3. The zero-order chi connectivity index (χ0) is 15.4. The van der Waals surface area contributed by atoms with Gasteiger partial charge in [0.1, 0.15) is 6.54 Å². The molecule has 0 fully saturated rings. The fourth-order valence-corrected chi connectivity index (χ4v) is 2.33. The van der Waals surface area contributed by atoms with E-state index in [2.05, 4.69) is 9.97 Å². The maximum absolute atomic E-state index is 11.2. The van der Waals surface area contributed by atoms with Gasteiger partial charge in [0.05, 0.1) is 17.4 Å². The number of halogens is 1. The van der Waals surface area contributed by atoms with Crippen molar-refractivity contribution in [1.29, 1.82) is 0 Å². The Labute approximate surface area is 128 Å². The lowest BCUT2D eigenvalue weighted by Gasteiger charge is -2.30. The van der Waals surface area contributed by atoms with Crippen molar-refractivity contribution in [3.63, 3.8) is 0 Å². The van der Waals surface area contributed by atoms with E-state index in [1.165, 1.54) is 0 Å². The van der Waals surface area contributed by atoms with Gasteiger partial charge in [0, 0.05) is 23.1 Å². The molecule has 1 aromatic heterocycles. The van der Waals surface area contributed by atoms with Gasteiger partial charge >= 0.3 is 5.97 Å². The van der Waals surface area contributed by atoms with Gasteiger partial charge in [0.2, 0.25) is 0 Å². The molecular formula is C15H16ClN3O2. The second kappa shape index (κ2) is 6.54. The Bertz CT molecular complexity index is 631. The number of anilines is 1. The minimum absolute atomic E-state index is 0.126. The van der Waals surface area contributed by atoms with Crippen molar-refractivity contribution >= 4 is 23.3 Å².